The standard InChI is InChI=1S/C17H19FIN/c1-2-10-20-17(11-13-6-4-3-5-7-13)15-9-8-14(18)12-16(15)19/h3-9,12,17,20H,2,10-11H2,1H3. The fraction of sp³-hybridized carbons (Fsp3) is 0.294. The van der Waals surface area contributed by atoms with Crippen molar-refractivity contribution in [2.45, 2.75) is 25.8 Å². The van der Waals surface area contributed by atoms with Crippen LogP contribution in [0, 0.1) is 9.39 Å². The molecule has 2 aromatic rings. The zero-order valence-corrected chi connectivity index (χ0v) is 13.7. The summed E-state index contributed by atoms with van der Waals surface area (Å²) >= 11 is 2.22. The van der Waals surface area contributed by atoms with Crippen molar-refractivity contribution in [2.75, 3.05) is 6.54 Å². The van der Waals surface area contributed by atoms with E-state index in [1.807, 2.05) is 12.1 Å². The molecule has 0 saturated heterocycles. The van der Waals surface area contributed by atoms with Crippen molar-refractivity contribution in [2.24, 2.45) is 0 Å². The first-order chi connectivity index (χ1) is 9.70. The van der Waals surface area contributed by atoms with Gasteiger partial charge in [-0.2, -0.15) is 0 Å². The van der Waals surface area contributed by atoms with Crippen molar-refractivity contribution < 1.29 is 4.39 Å². The summed E-state index contributed by atoms with van der Waals surface area (Å²) < 4.78 is 14.2. The summed E-state index contributed by atoms with van der Waals surface area (Å²) in [5.41, 5.74) is 2.46. The van der Waals surface area contributed by atoms with Crippen LogP contribution in [0.1, 0.15) is 30.5 Å². The highest BCUT2D eigenvalue weighted by molar-refractivity contribution is 14.1. The molecule has 0 aromatic heterocycles. The molecule has 0 aliphatic carbocycles. The number of nitrogens with one attached hydrogen (secondary N) is 1. The molecule has 0 aliphatic rings. The molecule has 2 rings (SSSR count). The molecule has 0 radical (unpaired) electrons. The van der Waals surface area contributed by atoms with Gasteiger partial charge in [-0.25, -0.2) is 4.39 Å². The highest BCUT2D eigenvalue weighted by Gasteiger charge is 2.14. The number of benzene rings is 2. The average molecular weight is 383 g/mol. The van der Waals surface area contributed by atoms with Crippen LogP contribution < -0.4 is 5.32 Å². The Morgan fingerprint density at radius 2 is 1.90 bits per heavy atom. The Balaban J connectivity index is 2.22. The minimum Gasteiger partial charge on any atom is -0.310 e. The molecular formula is C17H19FIN. The molecule has 0 spiro atoms. The molecule has 1 N–H and O–H groups in total. The topological polar surface area (TPSA) is 12.0 Å². The van der Waals surface area contributed by atoms with E-state index in [0.717, 1.165) is 23.0 Å². The lowest BCUT2D eigenvalue weighted by Crippen LogP contribution is -2.25. The van der Waals surface area contributed by atoms with Crippen LogP contribution in [0.2, 0.25) is 0 Å². The van der Waals surface area contributed by atoms with E-state index in [1.165, 1.54) is 11.1 Å². The lowest BCUT2D eigenvalue weighted by Gasteiger charge is -2.20. The van der Waals surface area contributed by atoms with Crippen molar-refractivity contribution in [1.82, 2.24) is 5.32 Å². The van der Waals surface area contributed by atoms with Crippen molar-refractivity contribution in [3.05, 3.63) is 69.0 Å². The van der Waals surface area contributed by atoms with Gasteiger partial charge >= 0.3 is 0 Å². The molecule has 0 fully saturated rings. The molecule has 0 heterocycles. The molecule has 1 atom stereocenters. The smallest absolute Gasteiger partial charge is 0.124 e. The Morgan fingerprint density at radius 3 is 2.55 bits per heavy atom. The molecule has 0 bridgehead atoms. The second-order valence-corrected chi connectivity index (χ2v) is 6.02. The van der Waals surface area contributed by atoms with Gasteiger partial charge in [0.05, 0.1) is 0 Å². The Kier molecular flexibility index (Phi) is 5.98. The van der Waals surface area contributed by atoms with E-state index in [9.17, 15) is 4.39 Å². The summed E-state index contributed by atoms with van der Waals surface area (Å²) in [4.78, 5) is 0. The fourth-order valence-corrected chi connectivity index (χ4v) is 3.10. The first-order valence-electron chi connectivity index (χ1n) is 6.93. The van der Waals surface area contributed by atoms with Gasteiger partial charge in [-0.15, -0.1) is 0 Å². The Labute approximate surface area is 133 Å². The van der Waals surface area contributed by atoms with E-state index in [-0.39, 0.29) is 11.9 Å². The SMILES string of the molecule is CCCNC(Cc1ccccc1)c1ccc(F)cc1I. The van der Waals surface area contributed by atoms with E-state index in [0.29, 0.717) is 0 Å². The third-order valence-electron chi connectivity index (χ3n) is 3.26. The molecule has 106 valence electrons. The summed E-state index contributed by atoms with van der Waals surface area (Å²) in [6.07, 6.45) is 2.01. The molecule has 0 aliphatic heterocycles. The van der Waals surface area contributed by atoms with Gasteiger partial charge < -0.3 is 5.32 Å². The third kappa shape index (κ3) is 4.28. The Morgan fingerprint density at radius 1 is 1.15 bits per heavy atom. The van der Waals surface area contributed by atoms with Crippen LogP contribution in [-0.4, -0.2) is 6.54 Å². The molecule has 1 nitrogen and oxygen atoms in total. The average Bonchev–Trinajstić information content (AvgIpc) is 2.45. The maximum absolute atomic E-state index is 13.3. The largest absolute Gasteiger partial charge is 0.310 e. The molecule has 3 heteroatoms. The van der Waals surface area contributed by atoms with Crippen LogP contribution in [0.5, 0.6) is 0 Å². The van der Waals surface area contributed by atoms with E-state index >= 15 is 0 Å². The van der Waals surface area contributed by atoms with Crippen LogP contribution in [0.4, 0.5) is 4.39 Å². The fourth-order valence-electron chi connectivity index (χ4n) is 2.24. The van der Waals surface area contributed by atoms with Crippen molar-refractivity contribution in [3.8, 4) is 0 Å². The minimum atomic E-state index is -0.174. The van der Waals surface area contributed by atoms with Crippen molar-refractivity contribution in [3.63, 3.8) is 0 Å². The first kappa shape index (κ1) is 15.4. The van der Waals surface area contributed by atoms with Gasteiger partial charge in [0.1, 0.15) is 5.82 Å². The van der Waals surface area contributed by atoms with Crippen LogP contribution in [-0.2, 0) is 6.42 Å². The lowest BCUT2D eigenvalue weighted by molar-refractivity contribution is 0.525. The summed E-state index contributed by atoms with van der Waals surface area (Å²) in [6, 6.07) is 15.7. The highest BCUT2D eigenvalue weighted by Crippen LogP contribution is 2.24. The maximum atomic E-state index is 13.3. The predicted molar refractivity (Wildman–Crippen MR) is 90.3 cm³/mol. The van der Waals surface area contributed by atoms with E-state index in [4.69, 9.17) is 0 Å². The minimum absolute atomic E-state index is 0.174. The number of hydrogen-bond donors (Lipinski definition) is 1. The van der Waals surface area contributed by atoms with Gasteiger partial charge in [0.2, 0.25) is 0 Å². The van der Waals surface area contributed by atoms with E-state index in [1.54, 1.807) is 12.1 Å². The van der Waals surface area contributed by atoms with Gasteiger partial charge in [-0.1, -0.05) is 43.3 Å². The van der Waals surface area contributed by atoms with Gasteiger partial charge in [-0.3, -0.25) is 0 Å². The van der Waals surface area contributed by atoms with E-state index in [2.05, 4.69) is 59.1 Å². The van der Waals surface area contributed by atoms with Gasteiger partial charge in [0.15, 0.2) is 0 Å². The summed E-state index contributed by atoms with van der Waals surface area (Å²) in [5.74, 6) is -0.174. The molecule has 0 amide bonds. The van der Waals surface area contributed by atoms with Crippen LogP contribution in [0.15, 0.2) is 48.5 Å². The number of halogens is 2. The number of hydrogen-bond acceptors (Lipinski definition) is 1. The molecule has 1 unspecified atom stereocenters. The monoisotopic (exact) mass is 383 g/mol. The normalized spacial score (nSPS) is 12.3. The van der Waals surface area contributed by atoms with E-state index < -0.39 is 0 Å². The maximum Gasteiger partial charge on any atom is 0.124 e. The van der Waals surface area contributed by atoms with Gasteiger partial charge in [0, 0.05) is 9.61 Å². The highest BCUT2D eigenvalue weighted by atomic mass is 127. The van der Waals surface area contributed by atoms with Gasteiger partial charge in [0.25, 0.3) is 0 Å². The van der Waals surface area contributed by atoms with Crippen LogP contribution in [0.3, 0.4) is 0 Å². The predicted octanol–water partition coefficient (Wildman–Crippen LogP) is 4.71. The summed E-state index contributed by atoms with van der Waals surface area (Å²) in [6.45, 7) is 3.12. The van der Waals surface area contributed by atoms with Gasteiger partial charge in [-0.05, 0) is 65.2 Å². The second kappa shape index (κ2) is 7.74. The van der Waals surface area contributed by atoms with Crippen LogP contribution >= 0.6 is 22.6 Å². The van der Waals surface area contributed by atoms with Crippen LogP contribution in [0.25, 0.3) is 0 Å². The Hall–Kier alpha value is -0.940. The molecule has 0 saturated carbocycles. The zero-order chi connectivity index (χ0) is 14.4. The molecular weight excluding hydrogens is 364 g/mol. The van der Waals surface area contributed by atoms with Crippen molar-refractivity contribution in [1.29, 1.82) is 0 Å². The van der Waals surface area contributed by atoms with Crippen molar-refractivity contribution >= 4 is 22.6 Å². The number of rotatable bonds is 6. The second-order valence-electron chi connectivity index (χ2n) is 4.86. The molecule has 20 heavy (non-hydrogen) atoms. The quantitative estimate of drug-likeness (QED) is 0.713. The summed E-state index contributed by atoms with van der Waals surface area (Å²) in [7, 11) is 0. The third-order valence-corrected chi connectivity index (χ3v) is 4.20. The Bertz CT molecular complexity index is 542. The lowest BCUT2D eigenvalue weighted by atomic mass is 9.98. The summed E-state index contributed by atoms with van der Waals surface area (Å²) in [5, 5.41) is 3.57. The first-order valence-corrected chi connectivity index (χ1v) is 8.01. The molecule has 2 aromatic carbocycles. The zero-order valence-electron chi connectivity index (χ0n) is 11.6.